The van der Waals surface area contributed by atoms with E-state index >= 15 is 0 Å². The molecule has 76 valence electrons. The van der Waals surface area contributed by atoms with Crippen molar-refractivity contribution < 1.29 is 0 Å². The Morgan fingerprint density at radius 3 is 1.69 bits per heavy atom. The molecule has 3 rings (SSSR count). The third-order valence-corrected chi connectivity index (χ3v) is 4.62. The molecule has 0 aromatic heterocycles. The van der Waals surface area contributed by atoms with Crippen LogP contribution in [0.1, 0.15) is 47.0 Å². The average molecular weight is 180 g/mol. The highest BCUT2D eigenvalue weighted by molar-refractivity contribution is 4.97. The molecule has 0 nitrogen and oxygen atoms in total. The molecule has 0 radical (unpaired) electrons. The minimum atomic E-state index is 0.929. The molecule has 0 heterocycles. The summed E-state index contributed by atoms with van der Waals surface area (Å²) in [5.74, 6) is 6.22. The molecule has 3 saturated carbocycles. The molecule has 2 bridgehead atoms. The van der Waals surface area contributed by atoms with Gasteiger partial charge in [0.25, 0.3) is 0 Å². The Kier molecular flexibility index (Phi) is 2.42. The van der Waals surface area contributed by atoms with E-state index < -0.39 is 0 Å². The van der Waals surface area contributed by atoms with Gasteiger partial charge in [0.05, 0.1) is 0 Å². The second-order valence-corrected chi connectivity index (χ2v) is 6.05. The van der Waals surface area contributed by atoms with Gasteiger partial charge < -0.3 is 0 Å². The summed E-state index contributed by atoms with van der Waals surface area (Å²) >= 11 is 0. The van der Waals surface area contributed by atoms with Gasteiger partial charge in [0.1, 0.15) is 0 Å². The van der Waals surface area contributed by atoms with Gasteiger partial charge in [-0.15, -0.1) is 0 Å². The Hall–Kier alpha value is 0. The first-order chi connectivity index (χ1) is 6.09. The molecular weight excluding hydrogens is 156 g/mol. The molecule has 0 spiro atoms. The highest BCUT2D eigenvalue weighted by atomic mass is 14.5. The summed E-state index contributed by atoms with van der Waals surface area (Å²) in [6.07, 6.45) is 4.64. The van der Waals surface area contributed by atoms with Gasteiger partial charge in [0.2, 0.25) is 0 Å². The molecule has 0 aromatic rings. The predicted molar refractivity (Wildman–Crippen MR) is 57.5 cm³/mol. The second kappa shape index (κ2) is 3.29. The third kappa shape index (κ3) is 1.53. The molecular formula is C13H24. The Bertz CT molecular complexity index is 168. The molecule has 3 unspecified atom stereocenters. The molecule has 0 heteroatoms. The third-order valence-electron chi connectivity index (χ3n) is 4.62. The zero-order valence-corrected chi connectivity index (χ0v) is 9.59. The molecule has 0 saturated heterocycles. The van der Waals surface area contributed by atoms with E-state index in [-0.39, 0.29) is 0 Å². The minimum Gasteiger partial charge on any atom is -0.0625 e. The molecule has 0 aromatic carbocycles. The van der Waals surface area contributed by atoms with Crippen molar-refractivity contribution in [1.29, 1.82) is 0 Å². The van der Waals surface area contributed by atoms with Gasteiger partial charge in [0.15, 0.2) is 0 Å². The lowest BCUT2D eigenvalue weighted by atomic mass is 9.50. The van der Waals surface area contributed by atoms with E-state index in [1.807, 2.05) is 0 Å². The standard InChI is InChI=1S/C13H24/c1-8(2)10-5-11-7-12(6-10)13(11)9(3)4/h8-13H,5-7H2,1-4H3/t10?,11-,12?,13?/m1/s1. The number of hydrogen-bond donors (Lipinski definition) is 0. The van der Waals surface area contributed by atoms with Crippen LogP contribution in [0.2, 0.25) is 0 Å². The van der Waals surface area contributed by atoms with Gasteiger partial charge in [-0.3, -0.25) is 0 Å². The van der Waals surface area contributed by atoms with Crippen molar-refractivity contribution in [2.45, 2.75) is 47.0 Å². The van der Waals surface area contributed by atoms with Crippen molar-refractivity contribution in [2.75, 3.05) is 0 Å². The van der Waals surface area contributed by atoms with Crippen LogP contribution in [0.15, 0.2) is 0 Å². The van der Waals surface area contributed by atoms with Gasteiger partial charge in [-0.05, 0) is 54.8 Å². The lowest BCUT2D eigenvalue weighted by Gasteiger charge is -2.55. The van der Waals surface area contributed by atoms with Crippen molar-refractivity contribution in [3.05, 3.63) is 0 Å². The van der Waals surface area contributed by atoms with E-state index in [0.29, 0.717) is 0 Å². The van der Waals surface area contributed by atoms with Gasteiger partial charge >= 0.3 is 0 Å². The van der Waals surface area contributed by atoms with Crippen molar-refractivity contribution in [2.24, 2.45) is 35.5 Å². The first-order valence-corrected chi connectivity index (χ1v) is 6.09. The first kappa shape index (κ1) is 9.55. The van der Waals surface area contributed by atoms with Crippen LogP contribution in [-0.4, -0.2) is 0 Å². The van der Waals surface area contributed by atoms with Crippen LogP contribution < -0.4 is 0 Å². The normalized spacial score (nSPS) is 43.8. The van der Waals surface area contributed by atoms with E-state index in [1.165, 1.54) is 12.8 Å². The fourth-order valence-electron chi connectivity index (χ4n) is 3.91. The molecule has 4 atom stereocenters. The van der Waals surface area contributed by atoms with Crippen LogP contribution in [0, 0.1) is 35.5 Å². The maximum Gasteiger partial charge on any atom is -0.0334 e. The highest BCUT2D eigenvalue weighted by Gasteiger charge is 2.48. The van der Waals surface area contributed by atoms with Gasteiger partial charge in [-0.1, -0.05) is 27.7 Å². The molecule has 0 aliphatic heterocycles. The molecule has 3 fully saturated rings. The molecule has 3 aliphatic rings. The Morgan fingerprint density at radius 1 is 0.769 bits per heavy atom. The number of hydrogen-bond acceptors (Lipinski definition) is 0. The molecule has 3 aliphatic carbocycles. The van der Waals surface area contributed by atoms with Crippen LogP contribution in [0.25, 0.3) is 0 Å². The van der Waals surface area contributed by atoms with Crippen LogP contribution >= 0.6 is 0 Å². The average Bonchev–Trinajstić information content (AvgIpc) is 2.03. The van der Waals surface area contributed by atoms with Gasteiger partial charge in [-0.25, -0.2) is 0 Å². The van der Waals surface area contributed by atoms with Crippen molar-refractivity contribution >= 4 is 0 Å². The maximum atomic E-state index is 2.42. The monoisotopic (exact) mass is 180 g/mol. The fraction of sp³-hybridized carbons (Fsp3) is 1.00. The van der Waals surface area contributed by atoms with Crippen LogP contribution in [-0.2, 0) is 0 Å². The summed E-state index contributed by atoms with van der Waals surface area (Å²) in [7, 11) is 0. The summed E-state index contributed by atoms with van der Waals surface area (Å²) in [4.78, 5) is 0. The van der Waals surface area contributed by atoms with E-state index in [0.717, 1.165) is 35.5 Å². The van der Waals surface area contributed by atoms with Gasteiger partial charge in [0, 0.05) is 0 Å². The number of rotatable bonds is 2. The van der Waals surface area contributed by atoms with E-state index in [9.17, 15) is 0 Å². The largest absolute Gasteiger partial charge is 0.0625 e. The highest BCUT2D eigenvalue weighted by Crippen LogP contribution is 2.56. The van der Waals surface area contributed by atoms with Crippen molar-refractivity contribution in [1.82, 2.24) is 0 Å². The zero-order chi connectivity index (χ0) is 9.59. The Morgan fingerprint density at radius 2 is 1.31 bits per heavy atom. The second-order valence-electron chi connectivity index (χ2n) is 6.05. The van der Waals surface area contributed by atoms with Gasteiger partial charge in [-0.2, -0.15) is 0 Å². The minimum absolute atomic E-state index is 0.929. The Labute approximate surface area is 83.1 Å². The van der Waals surface area contributed by atoms with E-state index in [4.69, 9.17) is 0 Å². The lowest BCUT2D eigenvalue weighted by molar-refractivity contribution is -0.0567. The topological polar surface area (TPSA) is 0 Å². The molecule has 0 amide bonds. The molecule has 0 N–H and O–H groups in total. The summed E-state index contributed by atoms with van der Waals surface area (Å²) in [5, 5.41) is 0. The maximum absolute atomic E-state index is 2.42. The summed E-state index contributed by atoms with van der Waals surface area (Å²) in [6.45, 7) is 9.64. The lowest BCUT2D eigenvalue weighted by Crippen LogP contribution is -2.47. The predicted octanol–water partition coefficient (Wildman–Crippen LogP) is 3.96. The Balaban J connectivity index is 1.94. The quantitative estimate of drug-likeness (QED) is 0.603. The zero-order valence-electron chi connectivity index (χ0n) is 9.59. The summed E-state index contributed by atoms with van der Waals surface area (Å²) in [5.41, 5.74) is 0. The number of fused-ring (bicyclic) bond motifs is 2. The first-order valence-electron chi connectivity index (χ1n) is 6.09. The summed E-state index contributed by atoms with van der Waals surface area (Å²) < 4.78 is 0. The van der Waals surface area contributed by atoms with Crippen molar-refractivity contribution in [3.63, 3.8) is 0 Å². The van der Waals surface area contributed by atoms with E-state index in [2.05, 4.69) is 27.7 Å². The van der Waals surface area contributed by atoms with E-state index in [1.54, 1.807) is 6.42 Å². The fourth-order valence-corrected chi connectivity index (χ4v) is 3.91. The smallest absolute Gasteiger partial charge is 0.0334 e. The van der Waals surface area contributed by atoms with Crippen molar-refractivity contribution in [3.8, 4) is 0 Å². The van der Waals surface area contributed by atoms with Crippen LogP contribution in [0.4, 0.5) is 0 Å². The van der Waals surface area contributed by atoms with Crippen LogP contribution in [0.5, 0.6) is 0 Å². The molecule has 13 heavy (non-hydrogen) atoms. The van der Waals surface area contributed by atoms with Crippen LogP contribution in [0.3, 0.4) is 0 Å². The summed E-state index contributed by atoms with van der Waals surface area (Å²) in [6, 6.07) is 0. The SMILES string of the molecule is CC(C)C1CC2C[C@@H](C1)C2C(C)C.